The van der Waals surface area contributed by atoms with Crippen molar-refractivity contribution in [3.63, 3.8) is 0 Å². The molecule has 2 aromatic carbocycles. The normalized spacial score (nSPS) is 14.0. The Hall–Kier alpha value is -1.26. The minimum absolute atomic E-state index is 0.0925. The number of hydrogen-bond donors (Lipinski definition) is 2. The molecule has 0 aliphatic heterocycles. The molecule has 0 aromatic heterocycles. The molecule has 0 fully saturated rings. The van der Waals surface area contributed by atoms with Crippen LogP contribution in [0.4, 0.5) is 0 Å². The van der Waals surface area contributed by atoms with E-state index < -0.39 is 0 Å². The van der Waals surface area contributed by atoms with Gasteiger partial charge >= 0.3 is 0 Å². The Bertz CT molecular complexity index is 589. The molecule has 2 nitrogen and oxygen atoms in total. The summed E-state index contributed by atoms with van der Waals surface area (Å²) < 4.78 is 11.4. The molecule has 0 aliphatic rings. The van der Waals surface area contributed by atoms with Gasteiger partial charge in [0, 0.05) is 15.9 Å². The first-order valence-electron chi connectivity index (χ1n) is 8.62. The highest BCUT2D eigenvalue weighted by atomic mass is 32.1. The van der Waals surface area contributed by atoms with Gasteiger partial charge in [-0.2, -0.15) is 25.3 Å². The van der Waals surface area contributed by atoms with Crippen LogP contribution in [0, 0.1) is 0 Å². The highest BCUT2D eigenvalue weighted by Gasteiger charge is 2.23. The molecular formula is C21H28O2S2. The van der Waals surface area contributed by atoms with Crippen molar-refractivity contribution in [1.29, 1.82) is 0 Å². The number of thiol groups is 2. The predicted octanol–water partition coefficient (Wildman–Crippen LogP) is 5.41. The van der Waals surface area contributed by atoms with E-state index in [0.717, 1.165) is 11.5 Å². The second-order valence-corrected chi connectivity index (χ2v) is 8.76. The molecule has 25 heavy (non-hydrogen) atoms. The lowest BCUT2D eigenvalue weighted by Crippen LogP contribution is -2.19. The van der Waals surface area contributed by atoms with Gasteiger partial charge in [-0.1, -0.05) is 52.0 Å². The standard InChI is InChI=1S/C21H28O2S2/c1-15(24)13-22-19-9-5-17(6-10-19)21(3,4)18-7-11-20(12-8-18)23-14-16(2)25/h5-12,15-16,24-25H,13-14H2,1-4H3. The Labute approximate surface area is 162 Å². The van der Waals surface area contributed by atoms with E-state index in [-0.39, 0.29) is 15.9 Å². The Balaban J connectivity index is 2.09. The molecule has 136 valence electrons. The first kappa shape index (κ1) is 20.1. The fourth-order valence-corrected chi connectivity index (χ4v) is 2.69. The second kappa shape index (κ2) is 8.91. The maximum Gasteiger partial charge on any atom is 0.119 e. The van der Waals surface area contributed by atoms with E-state index in [4.69, 9.17) is 9.47 Å². The third-order valence-corrected chi connectivity index (χ3v) is 4.43. The van der Waals surface area contributed by atoms with Crippen molar-refractivity contribution in [3.05, 3.63) is 59.7 Å². The van der Waals surface area contributed by atoms with Gasteiger partial charge in [-0.15, -0.1) is 0 Å². The molecular weight excluding hydrogens is 348 g/mol. The van der Waals surface area contributed by atoms with Gasteiger partial charge in [0.15, 0.2) is 0 Å². The van der Waals surface area contributed by atoms with Crippen molar-refractivity contribution in [2.24, 2.45) is 0 Å². The summed E-state index contributed by atoms with van der Waals surface area (Å²) in [5.41, 5.74) is 2.40. The van der Waals surface area contributed by atoms with Crippen LogP contribution < -0.4 is 9.47 Å². The monoisotopic (exact) mass is 376 g/mol. The van der Waals surface area contributed by atoms with Crippen molar-refractivity contribution < 1.29 is 9.47 Å². The maximum absolute atomic E-state index is 5.70. The summed E-state index contributed by atoms with van der Waals surface area (Å²) in [6.45, 7) is 9.71. The van der Waals surface area contributed by atoms with Gasteiger partial charge in [-0.25, -0.2) is 0 Å². The van der Waals surface area contributed by atoms with Crippen molar-refractivity contribution in [2.75, 3.05) is 13.2 Å². The molecule has 0 radical (unpaired) electrons. The van der Waals surface area contributed by atoms with Crippen LogP contribution in [0.1, 0.15) is 38.8 Å². The number of rotatable bonds is 8. The van der Waals surface area contributed by atoms with Crippen LogP contribution in [-0.4, -0.2) is 23.7 Å². The maximum atomic E-state index is 5.70. The average molecular weight is 377 g/mol. The second-order valence-electron chi connectivity index (χ2n) is 6.99. The highest BCUT2D eigenvalue weighted by Crippen LogP contribution is 2.33. The molecule has 2 atom stereocenters. The summed E-state index contributed by atoms with van der Waals surface area (Å²) in [6.07, 6.45) is 0. The summed E-state index contributed by atoms with van der Waals surface area (Å²) in [5, 5.41) is 0.449. The lowest BCUT2D eigenvalue weighted by molar-refractivity contribution is 0.322. The fraction of sp³-hybridized carbons (Fsp3) is 0.429. The fourth-order valence-electron chi connectivity index (χ4n) is 2.54. The van der Waals surface area contributed by atoms with Crippen LogP contribution in [0.2, 0.25) is 0 Å². The van der Waals surface area contributed by atoms with E-state index in [0.29, 0.717) is 13.2 Å². The van der Waals surface area contributed by atoms with Gasteiger partial charge in [0.05, 0.1) is 13.2 Å². The summed E-state index contributed by atoms with van der Waals surface area (Å²) in [4.78, 5) is 0. The molecule has 0 aliphatic carbocycles. The van der Waals surface area contributed by atoms with Crippen LogP contribution in [0.5, 0.6) is 11.5 Å². The van der Waals surface area contributed by atoms with Gasteiger partial charge < -0.3 is 9.47 Å². The van der Waals surface area contributed by atoms with Crippen molar-refractivity contribution in [1.82, 2.24) is 0 Å². The Morgan fingerprint density at radius 1 is 0.720 bits per heavy atom. The van der Waals surface area contributed by atoms with E-state index in [1.807, 2.05) is 38.1 Å². The Kier molecular flexibility index (Phi) is 7.14. The molecule has 2 aromatic rings. The quantitative estimate of drug-likeness (QED) is 0.600. The van der Waals surface area contributed by atoms with E-state index >= 15 is 0 Å². The molecule has 0 bridgehead atoms. The molecule has 2 rings (SSSR count). The average Bonchev–Trinajstić information content (AvgIpc) is 2.59. The van der Waals surface area contributed by atoms with Crippen LogP contribution in [0.25, 0.3) is 0 Å². The predicted molar refractivity (Wildman–Crippen MR) is 113 cm³/mol. The third kappa shape index (κ3) is 5.89. The molecule has 4 heteroatoms. The lowest BCUT2D eigenvalue weighted by atomic mass is 9.78. The number of ether oxygens (including phenoxy) is 2. The summed E-state index contributed by atoms with van der Waals surface area (Å²) in [7, 11) is 0. The molecule has 0 heterocycles. The zero-order valence-corrected chi connectivity index (χ0v) is 17.2. The minimum atomic E-state index is -0.0925. The van der Waals surface area contributed by atoms with Crippen molar-refractivity contribution in [2.45, 2.75) is 43.6 Å². The molecule has 2 unspecified atom stereocenters. The van der Waals surface area contributed by atoms with Gasteiger partial charge in [0.25, 0.3) is 0 Å². The summed E-state index contributed by atoms with van der Waals surface area (Å²) in [5.74, 6) is 1.76. The largest absolute Gasteiger partial charge is 0.492 e. The Morgan fingerprint density at radius 2 is 1.04 bits per heavy atom. The van der Waals surface area contributed by atoms with Crippen LogP contribution in [0.15, 0.2) is 48.5 Å². The molecule has 0 amide bonds. The smallest absolute Gasteiger partial charge is 0.119 e. The van der Waals surface area contributed by atoms with Crippen LogP contribution >= 0.6 is 25.3 Å². The number of hydrogen-bond acceptors (Lipinski definition) is 4. The van der Waals surface area contributed by atoms with Crippen LogP contribution in [0.3, 0.4) is 0 Å². The zero-order chi connectivity index (χ0) is 18.4. The van der Waals surface area contributed by atoms with Gasteiger partial charge in [-0.05, 0) is 35.4 Å². The lowest BCUT2D eigenvalue weighted by Gasteiger charge is -2.26. The van der Waals surface area contributed by atoms with E-state index in [1.54, 1.807) is 0 Å². The molecule has 0 saturated carbocycles. The molecule has 0 spiro atoms. The van der Waals surface area contributed by atoms with Gasteiger partial charge in [-0.3, -0.25) is 0 Å². The van der Waals surface area contributed by atoms with Crippen molar-refractivity contribution in [3.8, 4) is 11.5 Å². The van der Waals surface area contributed by atoms with E-state index in [9.17, 15) is 0 Å². The summed E-state index contributed by atoms with van der Waals surface area (Å²) in [6, 6.07) is 16.6. The minimum Gasteiger partial charge on any atom is -0.492 e. The molecule has 0 saturated heterocycles. The topological polar surface area (TPSA) is 18.5 Å². The van der Waals surface area contributed by atoms with Gasteiger partial charge in [0.2, 0.25) is 0 Å². The SMILES string of the molecule is CC(S)COc1ccc(C(C)(C)c2ccc(OCC(C)S)cc2)cc1. The first-order valence-corrected chi connectivity index (χ1v) is 9.65. The highest BCUT2D eigenvalue weighted by molar-refractivity contribution is 7.81. The third-order valence-electron chi connectivity index (χ3n) is 4.13. The van der Waals surface area contributed by atoms with E-state index in [1.165, 1.54) is 11.1 Å². The summed E-state index contributed by atoms with van der Waals surface area (Å²) >= 11 is 8.67. The van der Waals surface area contributed by atoms with Crippen molar-refractivity contribution >= 4 is 25.3 Å². The van der Waals surface area contributed by atoms with Gasteiger partial charge in [0.1, 0.15) is 11.5 Å². The van der Waals surface area contributed by atoms with E-state index in [2.05, 4.69) is 63.4 Å². The Morgan fingerprint density at radius 3 is 1.32 bits per heavy atom. The zero-order valence-electron chi connectivity index (χ0n) is 15.4. The molecule has 0 N–H and O–H groups in total. The first-order chi connectivity index (χ1) is 11.8. The van der Waals surface area contributed by atoms with Crippen LogP contribution in [-0.2, 0) is 5.41 Å². The number of benzene rings is 2.